The Hall–Kier alpha value is -1.49. The van der Waals surface area contributed by atoms with Crippen LogP contribution in [0.3, 0.4) is 0 Å². The lowest BCUT2D eigenvalue weighted by molar-refractivity contribution is 0.768. The van der Waals surface area contributed by atoms with Crippen LogP contribution in [0, 0.1) is 4.64 Å². The molecule has 0 saturated carbocycles. The zero-order chi connectivity index (χ0) is 10.8. The first-order valence-electron chi connectivity index (χ1n) is 4.78. The van der Waals surface area contributed by atoms with Gasteiger partial charge in [-0.2, -0.15) is 5.10 Å². The van der Waals surface area contributed by atoms with Crippen molar-refractivity contribution in [2.75, 3.05) is 0 Å². The molecule has 2 heterocycles. The predicted molar refractivity (Wildman–Crippen MR) is 61.0 cm³/mol. The topological polar surface area (TPSA) is 46.5 Å². The van der Waals surface area contributed by atoms with E-state index < -0.39 is 0 Å². The normalized spacial score (nSPS) is 10.5. The van der Waals surface area contributed by atoms with Crippen molar-refractivity contribution >= 4 is 12.2 Å². The molecule has 15 heavy (non-hydrogen) atoms. The van der Waals surface area contributed by atoms with Gasteiger partial charge in [0.1, 0.15) is 4.64 Å². The Morgan fingerprint density at radius 3 is 2.93 bits per heavy atom. The number of nitrogens with zero attached hydrogens (tertiary/aromatic N) is 3. The molecule has 0 atom stereocenters. The van der Waals surface area contributed by atoms with Crippen molar-refractivity contribution in [3.8, 4) is 11.3 Å². The minimum Gasteiger partial charge on any atom is -0.345 e. The van der Waals surface area contributed by atoms with Crippen LogP contribution in [0.4, 0.5) is 0 Å². The van der Waals surface area contributed by atoms with Gasteiger partial charge in [-0.3, -0.25) is 4.68 Å². The molecule has 0 aromatic carbocycles. The summed E-state index contributed by atoms with van der Waals surface area (Å²) < 4.78 is 2.43. The summed E-state index contributed by atoms with van der Waals surface area (Å²) in [5.74, 6) is 0. The van der Waals surface area contributed by atoms with E-state index in [0.29, 0.717) is 4.64 Å². The number of H-pyrrole nitrogens is 1. The average Bonchev–Trinajstić information content (AvgIpc) is 2.64. The SMILES string of the molecule is CCc1c(-c2cnn(C)c2)[nH]cnc1=S. The van der Waals surface area contributed by atoms with Gasteiger partial charge < -0.3 is 4.98 Å². The smallest absolute Gasteiger partial charge is 0.133 e. The van der Waals surface area contributed by atoms with Gasteiger partial charge in [0.05, 0.1) is 18.2 Å². The van der Waals surface area contributed by atoms with E-state index in [2.05, 4.69) is 22.0 Å². The molecule has 4 nitrogen and oxygen atoms in total. The van der Waals surface area contributed by atoms with Crippen LogP contribution < -0.4 is 0 Å². The van der Waals surface area contributed by atoms with Gasteiger partial charge in [0.15, 0.2) is 0 Å². The van der Waals surface area contributed by atoms with Gasteiger partial charge in [0.25, 0.3) is 0 Å². The molecule has 0 radical (unpaired) electrons. The molecule has 0 spiro atoms. The summed E-state index contributed by atoms with van der Waals surface area (Å²) in [6.45, 7) is 2.07. The Labute approximate surface area is 93.0 Å². The van der Waals surface area contributed by atoms with E-state index >= 15 is 0 Å². The third kappa shape index (κ3) is 1.83. The third-order valence-corrected chi connectivity index (χ3v) is 2.65. The monoisotopic (exact) mass is 220 g/mol. The van der Waals surface area contributed by atoms with Crippen molar-refractivity contribution in [1.29, 1.82) is 0 Å². The van der Waals surface area contributed by atoms with Crippen LogP contribution in [-0.2, 0) is 13.5 Å². The summed E-state index contributed by atoms with van der Waals surface area (Å²) in [6.07, 6.45) is 6.27. The standard InChI is InChI=1S/C10H12N4S/c1-3-8-9(11-6-12-10(8)15)7-4-13-14(2)5-7/h4-6H,3H2,1-2H3,(H,11,12,15). The van der Waals surface area contributed by atoms with Gasteiger partial charge in [-0.15, -0.1) is 0 Å². The summed E-state index contributed by atoms with van der Waals surface area (Å²) in [6, 6.07) is 0. The number of hydrogen-bond acceptors (Lipinski definition) is 3. The summed E-state index contributed by atoms with van der Waals surface area (Å²) in [5.41, 5.74) is 3.13. The molecule has 0 amide bonds. The molecule has 0 fully saturated rings. The maximum absolute atomic E-state index is 5.19. The second kappa shape index (κ2) is 3.94. The first-order chi connectivity index (χ1) is 7.22. The summed E-state index contributed by atoms with van der Waals surface area (Å²) in [7, 11) is 1.89. The van der Waals surface area contributed by atoms with E-state index in [-0.39, 0.29) is 0 Å². The fourth-order valence-corrected chi connectivity index (χ4v) is 1.86. The molecule has 0 aliphatic heterocycles. The molecule has 78 valence electrons. The van der Waals surface area contributed by atoms with Gasteiger partial charge in [-0.1, -0.05) is 19.1 Å². The van der Waals surface area contributed by atoms with Gasteiger partial charge in [-0.05, 0) is 6.42 Å². The quantitative estimate of drug-likeness (QED) is 0.788. The number of rotatable bonds is 2. The van der Waals surface area contributed by atoms with E-state index in [9.17, 15) is 0 Å². The first-order valence-corrected chi connectivity index (χ1v) is 5.18. The number of aromatic amines is 1. The lowest BCUT2D eigenvalue weighted by Gasteiger charge is -2.04. The van der Waals surface area contributed by atoms with Crippen molar-refractivity contribution in [1.82, 2.24) is 19.7 Å². The number of aryl methyl sites for hydroxylation is 1. The summed E-state index contributed by atoms with van der Waals surface area (Å²) >= 11 is 5.19. The largest absolute Gasteiger partial charge is 0.345 e. The van der Waals surface area contributed by atoms with Gasteiger partial charge >= 0.3 is 0 Å². The minimum absolute atomic E-state index is 0.662. The van der Waals surface area contributed by atoms with Crippen LogP contribution in [0.5, 0.6) is 0 Å². The van der Waals surface area contributed by atoms with E-state index in [1.54, 1.807) is 11.0 Å². The van der Waals surface area contributed by atoms with Crippen molar-refractivity contribution in [3.05, 3.63) is 28.9 Å². The Morgan fingerprint density at radius 2 is 2.33 bits per heavy atom. The van der Waals surface area contributed by atoms with Crippen LogP contribution in [0.25, 0.3) is 11.3 Å². The highest BCUT2D eigenvalue weighted by molar-refractivity contribution is 7.71. The van der Waals surface area contributed by atoms with E-state index in [0.717, 1.165) is 23.2 Å². The molecule has 0 unspecified atom stereocenters. The average molecular weight is 220 g/mol. The highest BCUT2D eigenvalue weighted by atomic mass is 32.1. The van der Waals surface area contributed by atoms with Crippen molar-refractivity contribution < 1.29 is 0 Å². The Morgan fingerprint density at radius 1 is 1.53 bits per heavy atom. The molecule has 0 saturated heterocycles. The second-order valence-electron chi connectivity index (χ2n) is 3.32. The van der Waals surface area contributed by atoms with Gasteiger partial charge in [-0.25, -0.2) is 4.98 Å². The molecule has 0 bridgehead atoms. The fraction of sp³-hybridized carbons (Fsp3) is 0.300. The predicted octanol–water partition coefficient (Wildman–Crippen LogP) is 2.10. The molecular formula is C10H12N4S. The van der Waals surface area contributed by atoms with Gasteiger partial charge in [0, 0.05) is 24.4 Å². The lowest BCUT2D eigenvalue weighted by atomic mass is 10.1. The van der Waals surface area contributed by atoms with Crippen LogP contribution in [0.15, 0.2) is 18.7 Å². The molecule has 0 aliphatic carbocycles. The number of nitrogens with one attached hydrogen (secondary N) is 1. The Kier molecular flexibility index (Phi) is 2.64. The van der Waals surface area contributed by atoms with Crippen LogP contribution in [-0.4, -0.2) is 19.7 Å². The van der Waals surface area contributed by atoms with Crippen LogP contribution in [0.2, 0.25) is 0 Å². The molecule has 2 aromatic rings. The highest BCUT2D eigenvalue weighted by Gasteiger charge is 2.07. The molecular weight excluding hydrogens is 208 g/mol. The summed E-state index contributed by atoms with van der Waals surface area (Å²) in [4.78, 5) is 7.20. The molecule has 5 heteroatoms. The molecule has 2 rings (SSSR count). The molecule has 1 N–H and O–H groups in total. The van der Waals surface area contributed by atoms with E-state index in [1.807, 2.05) is 19.4 Å². The lowest BCUT2D eigenvalue weighted by Crippen LogP contribution is -1.94. The van der Waals surface area contributed by atoms with Gasteiger partial charge in [0.2, 0.25) is 0 Å². The van der Waals surface area contributed by atoms with E-state index in [4.69, 9.17) is 12.2 Å². The summed E-state index contributed by atoms with van der Waals surface area (Å²) in [5, 5.41) is 4.14. The zero-order valence-corrected chi connectivity index (χ0v) is 9.51. The van der Waals surface area contributed by atoms with Crippen molar-refractivity contribution in [2.24, 2.45) is 7.05 Å². The Balaban J connectivity index is 2.62. The van der Waals surface area contributed by atoms with Crippen LogP contribution >= 0.6 is 12.2 Å². The first kappa shape index (κ1) is 10.0. The van der Waals surface area contributed by atoms with Crippen molar-refractivity contribution in [3.63, 3.8) is 0 Å². The number of aromatic nitrogens is 4. The zero-order valence-electron chi connectivity index (χ0n) is 8.69. The maximum atomic E-state index is 5.19. The third-order valence-electron chi connectivity index (χ3n) is 2.30. The fourth-order valence-electron chi connectivity index (χ4n) is 1.56. The Bertz CT molecular complexity index is 526. The molecule has 2 aromatic heterocycles. The highest BCUT2D eigenvalue weighted by Crippen LogP contribution is 2.20. The van der Waals surface area contributed by atoms with Crippen LogP contribution in [0.1, 0.15) is 12.5 Å². The minimum atomic E-state index is 0.662. The maximum Gasteiger partial charge on any atom is 0.133 e. The molecule has 0 aliphatic rings. The number of hydrogen-bond donors (Lipinski definition) is 1. The van der Waals surface area contributed by atoms with Crippen molar-refractivity contribution in [2.45, 2.75) is 13.3 Å². The second-order valence-corrected chi connectivity index (χ2v) is 3.70. The van der Waals surface area contributed by atoms with E-state index in [1.165, 1.54) is 0 Å².